The quantitative estimate of drug-likeness (QED) is 0.640. The summed E-state index contributed by atoms with van der Waals surface area (Å²) in [6, 6.07) is 10.1. The standard InChI is InChI=1S/C21H27NO2/c1-15(12-16-8-4-2-5-9-16)20(23)19-18(14-22-21(19)24)13-17-10-6-3-7-11-17/h3,6-7,10-11,16,18-19H,1-2,4-5,8-9,12-14H2,(H,22,24). The van der Waals surface area contributed by atoms with Crippen molar-refractivity contribution in [1.29, 1.82) is 0 Å². The number of carbonyl (C=O) groups is 2. The maximum Gasteiger partial charge on any atom is 0.231 e. The molecular formula is C21H27NO2. The van der Waals surface area contributed by atoms with Gasteiger partial charge in [-0.1, -0.05) is 69.0 Å². The van der Waals surface area contributed by atoms with Crippen LogP contribution in [0.4, 0.5) is 0 Å². The molecule has 1 aromatic rings. The third kappa shape index (κ3) is 3.95. The molecule has 1 amide bonds. The summed E-state index contributed by atoms with van der Waals surface area (Å²) in [7, 11) is 0. The first kappa shape index (κ1) is 16.9. The number of carbonyl (C=O) groups excluding carboxylic acids is 2. The minimum Gasteiger partial charge on any atom is -0.355 e. The van der Waals surface area contributed by atoms with Crippen LogP contribution in [0.15, 0.2) is 42.5 Å². The second-order valence-corrected chi connectivity index (χ2v) is 7.35. The Labute approximate surface area is 144 Å². The molecule has 2 unspecified atom stereocenters. The molecule has 1 heterocycles. The molecule has 2 fully saturated rings. The molecule has 1 N–H and O–H groups in total. The molecule has 0 aromatic heterocycles. The maximum atomic E-state index is 12.9. The third-order valence-corrected chi connectivity index (χ3v) is 5.52. The number of ketones is 1. The highest BCUT2D eigenvalue weighted by atomic mass is 16.2. The maximum absolute atomic E-state index is 12.9. The molecule has 1 saturated carbocycles. The number of allylic oxidation sites excluding steroid dienone is 1. The second kappa shape index (κ2) is 7.78. The van der Waals surface area contributed by atoms with Gasteiger partial charge in [-0.25, -0.2) is 0 Å². The fourth-order valence-corrected chi connectivity index (χ4v) is 4.17. The number of amides is 1. The molecule has 3 nitrogen and oxygen atoms in total. The molecule has 0 radical (unpaired) electrons. The Morgan fingerprint density at radius 3 is 2.54 bits per heavy atom. The summed E-state index contributed by atoms with van der Waals surface area (Å²) in [5.74, 6) is -0.0914. The fourth-order valence-electron chi connectivity index (χ4n) is 4.17. The van der Waals surface area contributed by atoms with E-state index < -0.39 is 5.92 Å². The summed E-state index contributed by atoms with van der Waals surface area (Å²) < 4.78 is 0. The monoisotopic (exact) mass is 325 g/mol. The molecule has 3 heteroatoms. The molecule has 24 heavy (non-hydrogen) atoms. The lowest BCUT2D eigenvalue weighted by atomic mass is 9.79. The van der Waals surface area contributed by atoms with Crippen molar-refractivity contribution in [2.24, 2.45) is 17.8 Å². The summed E-state index contributed by atoms with van der Waals surface area (Å²) in [5.41, 5.74) is 1.83. The predicted octanol–water partition coefficient (Wildman–Crippen LogP) is 3.69. The van der Waals surface area contributed by atoms with E-state index in [9.17, 15) is 9.59 Å². The van der Waals surface area contributed by atoms with E-state index in [0.717, 1.165) is 12.8 Å². The van der Waals surface area contributed by atoms with E-state index in [4.69, 9.17) is 0 Å². The van der Waals surface area contributed by atoms with Crippen LogP contribution in [0.1, 0.15) is 44.1 Å². The normalized spacial score (nSPS) is 24.6. The molecule has 128 valence electrons. The van der Waals surface area contributed by atoms with E-state index in [1.807, 2.05) is 18.2 Å². The molecule has 2 atom stereocenters. The number of Topliss-reactive ketones (excluding diaryl/α,β-unsaturated/α-hetero) is 1. The van der Waals surface area contributed by atoms with Crippen molar-refractivity contribution in [1.82, 2.24) is 5.32 Å². The van der Waals surface area contributed by atoms with Crippen LogP contribution in [0.2, 0.25) is 0 Å². The zero-order valence-corrected chi connectivity index (χ0v) is 14.3. The lowest BCUT2D eigenvalue weighted by Gasteiger charge is -2.23. The van der Waals surface area contributed by atoms with Crippen LogP contribution in [0.3, 0.4) is 0 Å². The van der Waals surface area contributed by atoms with Crippen molar-refractivity contribution >= 4 is 11.7 Å². The highest BCUT2D eigenvalue weighted by Crippen LogP contribution is 2.32. The van der Waals surface area contributed by atoms with E-state index in [1.165, 1.54) is 37.7 Å². The molecular weight excluding hydrogens is 298 g/mol. The van der Waals surface area contributed by atoms with Gasteiger partial charge in [0.2, 0.25) is 5.91 Å². The van der Waals surface area contributed by atoms with Crippen molar-refractivity contribution in [3.05, 3.63) is 48.0 Å². The van der Waals surface area contributed by atoms with Gasteiger partial charge >= 0.3 is 0 Å². The zero-order valence-electron chi connectivity index (χ0n) is 14.3. The summed E-state index contributed by atoms with van der Waals surface area (Å²) in [6.07, 6.45) is 7.72. The molecule has 1 saturated heterocycles. The van der Waals surface area contributed by atoms with E-state index in [2.05, 4.69) is 24.0 Å². The lowest BCUT2D eigenvalue weighted by molar-refractivity contribution is -0.131. The Kier molecular flexibility index (Phi) is 5.49. The molecule has 1 aromatic carbocycles. The number of nitrogens with one attached hydrogen (secondary N) is 1. The second-order valence-electron chi connectivity index (χ2n) is 7.35. The van der Waals surface area contributed by atoms with Crippen LogP contribution >= 0.6 is 0 Å². The van der Waals surface area contributed by atoms with E-state index in [1.54, 1.807) is 0 Å². The molecule has 0 spiro atoms. The van der Waals surface area contributed by atoms with Gasteiger partial charge in [0.1, 0.15) is 5.92 Å². The topological polar surface area (TPSA) is 46.2 Å². The third-order valence-electron chi connectivity index (χ3n) is 5.52. The van der Waals surface area contributed by atoms with E-state index >= 15 is 0 Å². The van der Waals surface area contributed by atoms with E-state index in [0.29, 0.717) is 18.0 Å². The van der Waals surface area contributed by atoms with Gasteiger partial charge in [-0.05, 0) is 35.8 Å². The SMILES string of the molecule is C=C(CC1CCCCC1)C(=O)C1C(=O)NCC1Cc1ccccc1. The van der Waals surface area contributed by atoms with Crippen LogP contribution in [-0.2, 0) is 16.0 Å². The molecule has 0 bridgehead atoms. The number of hydrogen-bond acceptors (Lipinski definition) is 2. The first-order chi connectivity index (χ1) is 11.6. The van der Waals surface area contributed by atoms with Gasteiger partial charge < -0.3 is 5.32 Å². The van der Waals surface area contributed by atoms with Gasteiger partial charge in [-0.2, -0.15) is 0 Å². The summed E-state index contributed by atoms with van der Waals surface area (Å²) >= 11 is 0. The number of hydrogen-bond donors (Lipinski definition) is 1. The van der Waals surface area contributed by atoms with Crippen LogP contribution in [0.5, 0.6) is 0 Å². The summed E-state index contributed by atoms with van der Waals surface area (Å²) in [4.78, 5) is 25.1. The Morgan fingerprint density at radius 2 is 1.83 bits per heavy atom. The van der Waals surface area contributed by atoms with Crippen LogP contribution in [-0.4, -0.2) is 18.2 Å². The number of benzene rings is 1. The average Bonchev–Trinajstić information content (AvgIpc) is 2.96. The van der Waals surface area contributed by atoms with Crippen molar-refractivity contribution in [3.63, 3.8) is 0 Å². The Morgan fingerprint density at radius 1 is 1.12 bits per heavy atom. The van der Waals surface area contributed by atoms with Crippen LogP contribution in [0.25, 0.3) is 0 Å². The largest absolute Gasteiger partial charge is 0.355 e. The minimum absolute atomic E-state index is 0.0310. The highest BCUT2D eigenvalue weighted by Gasteiger charge is 2.40. The van der Waals surface area contributed by atoms with Gasteiger partial charge in [-0.15, -0.1) is 0 Å². The first-order valence-electron chi connectivity index (χ1n) is 9.19. The smallest absolute Gasteiger partial charge is 0.231 e. The predicted molar refractivity (Wildman–Crippen MR) is 95.5 cm³/mol. The van der Waals surface area contributed by atoms with Gasteiger partial charge in [0.25, 0.3) is 0 Å². The molecule has 1 aliphatic carbocycles. The summed E-state index contributed by atoms with van der Waals surface area (Å²) in [6.45, 7) is 4.62. The molecule has 1 aliphatic heterocycles. The lowest BCUT2D eigenvalue weighted by Crippen LogP contribution is -2.30. The van der Waals surface area contributed by atoms with Crippen LogP contribution < -0.4 is 5.32 Å². The van der Waals surface area contributed by atoms with Crippen molar-refractivity contribution in [3.8, 4) is 0 Å². The Bertz CT molecular complexity index is 602. The molecule has 3 rings (SSSR count). The number of rotatable bonds is 6. The highest BCUT2D eigenvalue weighted by molar-refractivity contribution is 6.10. The van der Waals surface area contributed by atoms with E-state index in [-0.39, 0.29) is 17.6 Å². The molecule has 2 aliphatic rings. The van der Waals surface area contributed by atoms with Gasteiger partial charge in [0.05, 0.1) is 0 Å². The van der Waals surface area contributed by atoms with Crippen molar-refractivity contribution in [2.75, 3.05) is 6.54 Å². The first-order valence-corrected chi connectivity index (χ1v) is 9.19. The Balaban J connectivity index is 1.64. The average molecular weight is 325 g/mol. The van der Waals surface area contributed by atoms with Gasteiger partial charge in [-0.3, -0.25) is 9.59 Å². The Hall–Kier alpha value is -1.90. The minimum atomic E-state index is -0.554. The van der Waals surface area contributed by atoms with Gasteiger partial charge in [0, 0.05) is 6.54 Å². The van der Waals surface area contributed by atoms with Crippen LogP contribution in [0, 0.1) is 17.8 Å². The fraction of sp³-hybridized carbons (Fsp3) is 0.524. The zero-order chi connectivity index (χ0) is 16.9. The summed E-state index contributed by atoms with van der Waals surface area (Å²) in [5, 5.41) is 2.88. The van der Waals surface area contributed by atoms with Crippen molar-refractivity contribution in [2.45, 2.75) is 44.9 Å². The van der Waals surface area contributed by atoms with Crippen molar-refractivity contribution < 1.29 is 9.59 Å². The van der Waals surface area contributed by atoms with Gasteiger partial charge in [0.15, 0.2) is 5.78 Å².